The van der Waals surface area contributed by atoms with E-state index in [9.17, 15) is 0 Å². The van der Waals surface area contributed by atoms with Gasteiger partial charge in [0.05, 0.1) is 6.10 Å². The van der Waals surface area contributed by atoms with Gasteiger partial charge in [-0.3, -0.25) is 0 Å². The van der Waals surface area contributed by atoms with Gasteiger partial charge in [-0.25, -0.2) is 0 Å². The van der Waals surface area contributed by atoms with Gasteiger partial charge in [-0.2, -0.15) is 0 Å². The highest BCUT2D eigenvalue weighted by Gasteiger charge is 2.23. The zero-order chi connectivity index (χ0) is 9.10. The standard InChI is InChI=1S/C11H14O2/c12-8-7-9-1-3-10(4-2-9)13-11-5-6-11/h1-4,11-12H,5-8H2. The Balaban J connectivity index is 1.95. The molecule has 0 radical (unpaired) electrons. The molecule has 1 aromatic rings. The SMILES string of the molecule is OCCc1ccc(OC2CC2)cc1. The fraction of sp³-hybridized carbons (Fsp3) is 0.455. The van der Waals surface area contributed by atoms with Crippen LogP contribution < -0.4 is 4.74 Å². The van der Waals surface area contributed by atoms with Crippen molar-refractivity contribution in [2.75, 3.05) is 6.61 Å². The molecule has 0 spiro atoms. The molecule has 1 fully saturated rings. The summed E-state index contributed by atoms with van der Waals surface area (Å²) in [6.45, 7) is 0.211. The van der Waals surface area contributed by atoms with E-state index in [-0.39, 0.29) is 6.61 Å². The molecule has 13 heavy (non-hydrogen) atoms. The van der Waals surface area contributed by atoms with Crippen LogP contribution >= 0.6 is 0 Å². The number of rotatable bonds is 4. The third kappa shape index (κ3) is 2.46. The molecule has 2 rings (SSSR count). The molecule has 2 heteroatoms. The van der Waals surface area contributed by atoms with Gasteiger partial charge in [-0.15, -0.1) is 0 Å². The van der Waals surface area contributed by atoms with Gasteiger partial charge in [0.2, 0.25) is 0 Å². The molecule has 1 N–H and O–H groups in total. The first-order chi connectivity index (χ1) is 6.38. The summed E-state index contributed by atoms with van der Waals surface area (Å²) in [6.07, 6.45) is 3.57. The Morgan fingerprint density at radius 1 is 1.23 bits per heavy atom. The fourth-order valence-corrected chi connectivity index (χ4v) is 1.24. The van der Waals surface area contributed by atoms with Crippen molar-refractivity contribution in [3.8, 4) is 5.75 Å². The van der Waals surface area contributed by atoms with Crippen molar-refractivity contribution in [3.63, 3.8) is 0 Å². The highest BCUT2D eigenvalue weighted by atomic mass is 16.5. The molecule has 0 aliphatic heterocycles. The third-order valence-corrected chi connectivity index (χ3v) is 2.15. The molecule has 1 saturated carbocycles. The smallest absolute Gasteiger partial charge is 0.119 e. The van der Waals surface area contributed by atoms with Crippen LogP contribution in [0.1, 0.15) is 18.4 Å². The minimum absolute atomic E-state index is 0.211. The summed E-state index contributed by atoms with van der Waals surface area (Å²) in [5, 5.41) is 8.71. The largest absolute Gasteiger partial charge is 0.490 e. The highest BCUT2D eigenvalue weighted by Crippen LogP contribution is 2.26. The first-order valence-electron chi connectivity index (χ1n) is 4.75. The normalized spacial score (nSPS) is 15.8. The average Bonchev–Trinajstić information content (AvgIpc) is 2.93. The summed E-state index contributed by atoms with van der Waals surface area (Å²) in [5.74, 6) is 0.948. The lowest BCUT2D eigenvalue weighted by Gasteiger charge is -2.04. The Bertz CT molecular complexity index is 262. The summed E-state index contributed by atoms with van der Waals surface area (Å²) < 4.78 is 5.60. The molecule has 1 aromatic carbocycles. The quantitative estimate of drug-likeness (QED) is 0.761. The van der Waals surface area contributed by atoms with E-state index in [4.69, 9.17) is 9.84 Å². The molecule has 0 atom stereocenters. The Morgan fingerprint density at radius 2 is 1.92 bits per heavy atom. The maximum absolute atomic E-state index is 8.71. The van der Waals surface area contributed by atoms with Gasteiger partial charge in [-0.05, 0) is 37.0 Å². The molecule has 1 aliphatic carbocycles. The van der Waals surface area contributed by atoms with Crippen molar-refractivity contribution in [2.45, 2.75) is 25.4 Å². The Kier molecular flexibility index (Phi) is 2.50. The van der Waals surface area contributed by atoms with Gasteiger partial charge in [0.15, 0.2) is 0 Å². The monoisotopic (exact) mass is 178 g/mol. The zero-order valence-corrected chi connectivity index (χ0v) is 7.57. The molecule has 0 unspecified atom stereocenters. The van der Waals surface area contributed by atoms with Crippen molar-refractivity contribution < 1.29 is 9.84 Å². The number of hydrogen-bond acceptors (Lipinski definition) is 2. The van der Waals surface area contributed by atoms with E-state index < -0.39 is 0 Å². The molecule has 0 amide bonds. The zero-order valence-electron chi connectivity index (χ0n) is 7.57. The summed E-state index contributed by atoms with van der Waals surface area (Å²) in [5.41, 5.74) is 1.16. The molecular weight excluding hydrogens is 164 g/mol. The predicted octanol–water partition coefficient (Wildman–Crippen LogP) is 1.76. The Labute approximate surface area is 78.2 Å². The Morgan fingerprint density at radius 3 is 2.46 bits per heavy atom. The van der Waals surface area contributed by atoms with Crippen molar-refractivity contribution in [3.05, 3.63) is 29.8 Å². The van der Waals surface area contributed by atoms with Gasteiger partial charge in [0.1, 0.15) is 5.75 Å². The first kappa shape index (κ1) is 8.57. The summed E-state index contributed by atoms with van der Waals surface area (Å²) in [7, 11) is 0. The van der Waals surface area contributed by atoms with Gasteiger partial charge in [0, 0.05) is 6.61 Å². The molecule has 1 aliphatic rings. The second kappa shape index (κ2) is 3.79. The van der Waals surface area contributed by atoms with Crippen LogP contribution in [-0.2, 0) is 6.42 Å². The fourth-order valence-electron chi connectivity index (χ4n) is 1.24. The van der Waals surface area contributed by atoms with E-state index >= 15 is 0 Å². The second-order valence-electron chi connectivity index (χ2n) is 3.43. The van der Waals surface area contributed by atoms with E-state index in [1.807, 2.05) is 24.3 Å². The van der Waals surface area contributed by atoms with E-state index in [2.05, 4.69) is 0 Å². The Hall–Kier alpha value is -1.02. The van der Waals surface area contributed by atoms with Crippen LogP contribution in [0.3, 0.4) is 0 Å². The van der Waals surface area contributed by atoms with Crippen LogP contribution in [0.2, 0.25) is 0 Å². The number of ether oxygens (including phenoxy) is 1. The summed E-state index contributed by atoms with van der Waals surface area (Å²) >= 11 is 0. The van der Waals surface area contributed by atoms with Crippen molar-refractivity contribution in [1.82, 2.24) is 0 Å². The van der Waals surface area contributed by atoms with Gasteiger partial charge >= 0.3 is 0 Å². The maximum atomic E-state index is 8.71. The molecule has 0 aromatic heterocycles. The number of hydrogen-bond donors (Lipinski definition) is 1. The molecule has 2 nitrogen and oxygen atoms in total. The van der Waals surface area contributed by atoms with Gasteiger partial charge in [0.25, 0.3) is 0 Å². The lowest BCUT2D eigenvalue weighted by Crippen LogP contribution is -1.96. The van der Waals surface area contributed by atoms with Gasteiger partial charge < -0.3 is 9.84 Å². The average molecular weight is 178 g/mol. The van der Waals surface area contributed by atoms with Crippen molar-refractivity contribution >= 4 is 0 Å². The summed E-state index contributed by atoms with van der Waals surface area (Å²) in [4.78, 5) is 0. The van der Waals surface area contributed by atoms with E-state index in [0.717, 1.165) is 17.7 Å². The topological polar surface area (TPSA) is 29.5 Å². The maximum Gasteiger partial charge on any atom is 0.119 e. The van der Waals surface area contributed by atoms with E-state index in [0.29, 0.717) is 6.10 Å². The van der Waals surface area contributed by atoms with Crippen LogP contribution in [0.15, 0.2) is 24.3 Å². The first-order valence-corrected chi connectivity index (χ1v) is 4.75. The van der Waals surface area contributed by atoms with Crippen molar-refractivity contribution in [2.24, 2.45) is 0 Å². The molecular formula is C11H14O2. The van der Waals surface area contributed by atoms with Crippen LogP contribution in [-0.4, -0.2) is 17.8 Å². The minimum Gasteiger partial charge on any atom is -0.490 e. The summed E-state index contributed by atoms with van der Waals surface area (Å²) in [6, 6.07) is 7.97. The molecule has 0 saturated heterocycles. The lowest BCUT2D eigenvalue weighted by atomic mass is 10.1. The highest BCUT2D eigenvalue weighted by molar-refractivity contribution is 5.27. The molecule has 0 heterocycles. The van der Waals surface area contributed by atoms with Crippen molar-refractivity contribution in [1.29, 1.82) is 0 Å². The van der Waals surface area contributed by atoms with Gasteiger partial charge in [-0.1, -0.05) is 12.1 Å². The van der Waals surface area contributed by atoms with E-state index in [1.165, 1.54) is 12.8 Å². The minimum atomic E-state index is 0.211. The second-order valence-corrected chi connectivity index (χ2v) is 3.43. The van der Waals surface area contributed by atoms with Crippen LogP contribution in [0.5, 0.6) is 5.75 Å². The van der Waals surface area contributed by atoms with E-state index in [1.54, 1.807) is 0 Å². The molecule has 0 bridgehead atoms. The van der Waals surface area contributed by atoms with Crippen LogP contribution in [0.4, 0.5) is 0 Å². The molecule has 70 valence electrons. The number of aliphatic hydroxyl groups excluding tert-OH is 1. The predicted molar refractivity (Wildman–Crippen MR) is 50.9 cm³/mol. The number of benzene rings is 1. The van der Waals surface area contributed by atoms with Crippen LogP contribution in [0, 0.1) is 0 Å². The number of aliphatic hydroxyl groups is 1. The lowest BCUT2D eigenvalue weighted by molar-refractivity contribution is 0.297. The third-order valence-electron chi connectivity index (χ3n) is 2.15. The van der Waals surface area contributed by atoms with Crippen LogP contribution in [0.25, 0.3) is 0 Å².